The minimum Gasteiger partial charge on any atom is -0.392 e. The van der Waals surface area contributed by atoms with Crippen LogP contribution in [-0.2, 0) is 17.3 Å². The lowest BCUT2D eigenvalue weighted by atomic mass is 10.2. The molecule has 1 N–H and O–H groups in total. The molecule has 1 aromatic rings. The van der Waals surface area contributed by atoms with Gasteiger partial charge in [-0.05, 0) is 24.5 Å². The van der Waals surface area contributed by atoms with Crippen LogP contribution >= 0.6 is 7.14 Å². The molecule has 0 radical (unpaired) electrons. The lowest BCUT2D eigenvalue weighted by Gasteiger charge is -2.06. The van der Waals surface area contributed by atoms with E-state index in [4.69, 9.17) is 5.11 Å². The van der Waals surface area contributed by atoms with E-state index in [1.165, 1.54) is 0 Å². The molecule has 0 aliphatic rings. The molecular formula is C10H15O2P. The van der Waals surface area contributed by atoms with Gasteiger partial charge in [0.2, 0.25) is 0 Å². The van der Waals surface area contributed by atoms with Crippen molar-refractivity contribution in [2.75, 3.05) is 13.3 Å². The summed E-state index contributed by atoms with van der Waals surface area (Å²) in [4.78, 5) is 0. The van der Waals surface area contributed by atoms with Gasteiger partial charge in [0.1, 0.15) is 0 Å². The first-order valence-corrected chi connectivity index (χ1v) is 7.02. The summed E-state index contributed by atoms with van der Waals surface area (Å²) in [5.41, 5.74) is 1.97. The third-order valence-corrected chi connectivity index (χ3v) is 2.90. The molecule has 3 heteroatoms. The Morgan fingerprint density at radius 3 is 2.00 bits per heavy atom. The molecular weight excluding hydrogens is 183 g/mol. The maximum Gasteiger partial charge on any atom is 0.0861 e. The number of hydrogen-bond acceptors (Lipinski definition) is 2. The average Bonchev–Trinajstić information content (AvgIpc) is 2.03. The van der Waals surface area contributed by atoms with Crippen LogP contribution in [0, 0.1) is 0 Å². The largest absolute Gasteiger partial charge is 0.392 e. The van der Waals surface area contributed by atoms with Crippen molar-refractivity contribution in [1.82, 2.24) is 0 Å². The van der Waals surface area contributed by atoms with Gasteiger partial charge in [-0.2, -0.15) is 0 Å². The van der Waals surface area contributed by atoms with E-state index >= 15 is 0 Å². The van der Waals surface area contributed by atoms with Crippen LogP contribution in [0.5, 0.6) is 0 Å². The van der Waals surface area contributed by atoms with Crippen molar-refractivity contribution in [1.29, 1.82) is 0 Å². The minimum absolute atomic E-state index is 0.0657. The van der Waals surface area contributed by atoms with Crippen molar-refractivity contribution in [2.24, 2.45) is 0 Å². The smallest absolute Gasteiger partial charge is 0.0861 e. The van der Waals surface area contributed by atoms with E-state index in [0.717, 1.165) is 11.1 Å². The fraction of sp³-hybridized carbons (Fsp3) is 0.400. The number of aliphatic hydroxyl groups excluding tert-OH is 1. The van der Waals surface area contributed by atoms with E-state index < -0.39 is 7.14 Å². The van der Waals surface area contributed by atoms with E-state index in [1.54, 1.807) is 13.3 Å². The Morgan fingerprint density at radius 2 is 1.62 bits per heavy atom. The molecule has 13 heavy (non-hydrogen) atoms. The molecule has 1 rings (SSSR count). The molecule has 0 aliphatic heterocycles. The molecule has 0 heterocycles. The topological polar surface area (TPSA) is 37.3 Å². The van der Waals surface area contributed by atoms with Crippen molar-refractivity contribution in [2.45, 2.75) is 12.8 Å². The van der Waals surface area contributed by atoms with Crippen molar-refractivity contribution >= 4 is 7.14 Å². The Balaban J connectivity index is 2.76. The molecule has 0 spiro atoms. The zero-order chi connectivity index (χ0) is 9.90. The number of rotatable bonds is 3. The normalized spacial score (nSPS) is 11.6. The highest BCUT2D eigenvalue weighted by Gasteiger charge is 2.07. The zero-order valence-electron chi connectivity index (χ0n) is 8.03. The minimum atomic E-state index is -1.97. The average molecular weight is 198 g/mol. The van der Waals surface area contributed by atoms with Gasteiger partial charge in [-0.25, -0.2) is 0 Å². The Morgan fingerprint density at radius 1 is 1.15 bits per heavy atom. The molecule has 0 saturated heterocycles. The van der Waals surface area contributed by atoms with Gasteiger partial charge in [-0.15, -0.1) is 0 Å². The highest BCUT2D eigenvalue weighted by Crippen LogP contribution is 2.40. The second-order valence-electron chi connectivity index (χ2n) is 3.71. The predicted octanol–water partition coefficient (Wildman–Crippen LogP) is 2.30. The van der Waals surface area contributed by atoms with E-state index in [2.05, 4.69) is 0 Å². The molecule has 2 nitrogen and oxygen atoms in total. The molecule has 0 amide bonds. The van der Waals surface area contributed by atoms with E-state index in [-0.39, 0.29) is 6.61 Å². The molecule has 0 bridgehead atoms. The van der Waals surface area contributed by atoms with Crippen LogP contribution in [0.4, 0.5) is 0 Å². The van der Waals surface area contributed by atoms with Gasteiger partial charge in [0.25, 0.3) is 0 Å². The van der Waals surface area contributed by atoms with Crippen LogP contribution in [0.2, 0.25) is 0 Å². The SMILES string of the molecule is CP(C)(=O)Cc1ccc(CO)cc1. The molecule has 0 saturated carbocycles. The van der Waals surface area contributed by atoms with Crippen molar-refractivity contribution in [3.05, 3.63) is 35.4 Å². The highest BCUT2D eigenvalue weighted by atomic mass is 31.2. The number of hydrogen-bond donors (Lipinski definition) is 1. The van der Waals surface area contributed by atoms with Crippen LogP contribution in [0.15, 0.2) is 24.3 Å². The van der Waals surface area contributed by atoms with Crippen molar-refractivity contribution in [3.63, 3.8) is 0 Å². The van der Waals surface area contributed by atoms with Crippen molar-refractivity contribution < 1.29 is 9.67 Å². The molecule has 1 aromatic carbocycles. The summed E-state index contributed by atoms with van der Waals surface area (Å²) in [6.07, 6.45) is 0.638. The Kier molecular flexibility index (Phi) is 3.29. The zero-order valence-corrected chi connectivity index (χ0v) is 8.92. The second-order valence-corrected chi connectivity index (χ2v) is 7.17. The van der Waals surface area contributed by atoms with Gasteiger partial charge in [-0.1, -0.05) is 24.3 Å². The van der Waals surface area contributed by atoms with E-state index in [0.29, 0.717) is 6.16 Å². The highest BCUT2D eigenvalue weighted by molar-refractivity contribution is 7.61. The summed E-state index contributed by atoms with van der Waals surface area (Å²) in [7, 11) is -1.97. The van der Waals surface area contributed by atoms with Gasteiger partial charge in [0.05, 0.1) is 13.7 Å². The molecule has 0 aliphatic carbocycles. The summed E-state index contributed by atoms with van der Waals surface area (Å²) in [6.45, 7) is 3.64. The summed E-state index contributed by atoms with van der Waals surface area (Å²) in [5.74, 6) is 0. The van der Waals surface area contributed by atoms with Gasteiger partial charge < -0.3 is 9.67 Å². The van der Waals surface area contributed by atoms with Crippen LogP contribution in [0.3, 0.4) is 0 Å². The van der Waals surface area contributed by atoms with Crippen LogP contribution in [0.25, 0.3) is 0 Å². The molecule has 0 fully saturated rings. The van der Waals surface area contributed by atoms with Gasteiger partial charge >= 0.3 is 0 Å². The summed E-state index contributed by atoms with van der Waals surface area (Å²) in [5, 5.41) is 8.81. The predicted molar refractivity (Wildman–Crippen MR) is 55.5 cm³/mol. The maximum absolute atomic E-state index is 11.5. The lowest BCUT2D eigenvalue weighted by molar-refractivity contribution is 0.282. The Labute approximate surface area is 79.0 Å². The number of benzene rings is 1. The first kappa shape index (κ1) is 10.5. The molecule has 0 atom stereocenters. The third-order valence-electron chi connectivity index (χ3n) is 1.77. The first-order valence-electron chi connectivity index (χ1n) is 4.24. The third kappa shape index (κ3) is 3.75. The molecule has 72 valence electrons. The summed E-state index contributed by atoms with van der Waals surface area (Å²) in [6, 6.07) is 7.58. The quantitative estimate of drug-likeness (QED) is 0.756. The van der Waals surface area contributed by atoms with Crippen molar-refractivity contribution in [3.8, 4) is 0 Å². The monoisotopic (exact) mass is 198 g/mol. The fourth-order valence-electron chi connectivity index (χ4n) is 1.19. The van der Waals surface area contributed by atoms with Gasteiger partial charge in [0.15, 0.2) is 0 Å². The standard InChI is InChI=1S/C10H15O2P/c1-13(2,12)8-10-5-3-9(7-11)4-6-10/h3-6,11H,7-8H2,1-2H3. The first-order chi connectivity index (χ1) is 6.01. The summed E-state index contributed by atoms with van der Waals surface area (Å²) < 4.78 is 11.5. The molecule has 0 aromatic heterocycles. The van der Waals surface area contributed by atoms with Gasteiger partial charge in [0, 0.05) is 6.16 Å². The Bertz CT molecular complexity index is 310. The number of aliphatic hydroxyl groups is 1. The van der Waals surface area contributed by atoms with Crippen LogP contribution in [0.1, 0.15) is 11.1 Å². The van der Waals surface area contributed by atoms with E-state index in [9.17, 15) is 4.57 Å². The Hall–Kier alpha value is -0.590. The fourth-order valence-corrected chi connectivity index (χ4v) is 2.28. The summed E-state index contributed by atoms with van der Waals surface area (Å²) >= 11 is 0. The maximum atomic E-state index is 11.5. The lowest BCUT2D eigenvalue weighted by Crippen LogP contribution is -1.87. The molecule has 0 unspecified atom stereocenters. The van der Waals surface area contributed by atoms with Crippen LogP contribution < -0.4 is 0 Å². The second kappa shape index (κ2) is 4.08. The van der Waals surface area contributed by atoms with E-state index in [1.807, 2.05) is 24.3 Å². The van der Waals surface area contributed by atoms with Crippen LogP contribution in [-0.4, -0.2) is 18.4 Å². The van der Waals surface area contributed by atoms with Gasteiger partial charge in [-0.3, -0.25) is 0 Å².